The van der Waals surface area contributed by atoms with Crippen molar-refractivity contribution in [1.29, 1.82) is 0 Å². The Bertz CT molecular complexity index is 515. The Morgan fingerprint density at radius 1 is 1.35 bits per heavy atom. The molecule has 0 bridgehead atoms. The first-order valence-electron chi connectivity index (χ1n) is 6.64. The summed E-state index contributed by atoms with van der Waals surface area (Å²) < 4.78 is 13.4. The van der Waals surface area contributed by atoms with Gasteiger partial charge in [-0.1, -0.05) is 12.8 Å². The number of rotatable bonds is 6. The smallest absolute Gasteiger partial charge is 0.338 e. The van der Waals surface area contributed by atoms with Gasteiger partial charge in [-0.05, 0) is 37.0 Å². The molecule has 5 nitrogen and oxygen atoms in total. The number of carboxylic acid groups (broad SMARTS) is 1. The van der Waals surface area contributed by atoms with Crippen LogP contribution in [-0.2, 0) is 0 Å². The fourth-order valence-electron chi connectivity index (χ4n) is 1.94. The molecule has 1 aromatic rings. The molecule has 2 rings (SSSR count). The molecule has 0 heterocycles. The lowest BCUT2D eigenvalue weighted by Gasteiger charge is -2.08. The summed E-state index contributed by atoms with van der Waals surface area (Å²) in [5, 5.41) is 13.8. The molecule has 0 unspecified atom stereocenters. The Morgan fingerprint density at radius 3 is 2.70 bits per heavy atom. The van der Waals surface area contributed by atoms with E-state index in [-0.39, 0.29) is 5.69 Å². The van der Waals surface area contributed by atoms with Gasteiger partial charge in [0.1, 0.15) is 5.82 Å². The van der Waals surface area contributed by atoms with Crippen molar-refractivity contribution in [3.05, 3.63) is 29.6 Å². The second-order valence-electron chi connectivity index (χ2n) is 4.97. The van der Waals surface area contributed by atoms with E-state index in [1.807, 2.05) is 0 Å². The predicted octanol–water partition coefficient (Wildman–Crippen LogP) is 2.84. The van der Waals surface area contributed by atoms with Crippen LogP contribution in [0.25, 0.3) is 0 Å². The minimum Gasteiger partial charge on any atom is -0.478 e. The number of hydrogen-bond donors (Lipinski definition) is 3. The van der Waals surface area contributed by atoms with Crippen molar-refractivity contribution in [3.63, 3.8) is 0 Å². The summed E-state index contributed by atoms with van der Waals surface area (Å²) in [6, 6.07) is 3.06. The van der Waals surface area contributed by atoms with Gasteiger partial charge in [0.2, 0.25) is 0 Å². The highest BCUT2D eigenvalue weighted by molar-refractivity contribution is 5.91. The standard InChI is InChI=1S/C14H17FN2O3/c15-12-8-10(5-6-11(12)13(18)19)17-14(20)16-7-1-2-9-3-4-9/h5-6,8-9H,1-4,7H2,(H,18,19)(H2,16,17,20). The van der Waals surface area contributed by atoms with Crippen molar-refractivity contribution in [2.75, 3.05) is 11.9 Å². The normalized spacial score (nSPS) is 13.8. The summed E-state index contributed by atoms with van der Waals surface area (Å²) in [6.07, 6.45) is 4.65. The van der Waals surface area contributed by atoms with Crippen LogP contribution in [0.4, 0.5) is 14.9 Å². The highest BCUT2D eigenvalue weighted by atomic mass is 19.1. The van der Waals surface area contributed by atoms with Gasteiger partial charge in [0, 0.05) is 12.2 Å². The Labute approximate surface area is 116 Å². The molecule has 1 saturated carbocycles. The van der Waals surface area contributed by atoms with Crippen LogP contribution in [0.5, 0.6) is 0 Å². The largest absolute Gasteiger partial charge is 0.478 e. The molecule has 6 heteroatoms. The van der Waals surface area contributed by atoms with E-state index in [1.54, 1.807) is 0 Å². The molecule has 1 fully saturated rings. The molecule has 0 aromatic heterocycles. The van der Waals surface area contributed by atoms with E-state index in [0.29, 0.717) is 6.54 Å². The molecule has 20 heavy (non-hydrogen) atoms. The van der Waals surface area contributed by atoms with Gasteiger partial charge >= 0.3 is 12.0 Å². The quantitative estimate of drug-likeness (QED) is 0.701. The lowest BCUT2D eigenvalue weighted by atomic mass is 10.2. The van der Waals surface area contributed by atoms with E-state index < -0.39 is 23.4 Å². The molecule has 0 saturated heterocycles. The second-order valence-corrected chi connectivity index (χ2v) is 4.97. The van der Waals surface area contributed by atoms with Gasteiger partial charge in [-0.15, -0.1) is 0 Å². The molecule has 1 aliphatic carbocycles. The Balaban J connectivity index is 1.77. The molecule has 0 radical (unpaired) electrons. The number of nitrogens with one attached hydrogen (secondary N) is 2. The van der Waals surface area contributed by atoms with Gasteiger partial charge < -0.3 is 15.7 Å². The molecule has 0 aliphatic heterocycles. The Morgan fingerprint density at radius 2 is 2.10 bits per heavy atom. The first-order valence-corrected chi connectivity index (χ1v) is 6.64. The maximum Gasteiger partial charge on any atom is 0.338 e. The first kappa shape index (κ1) is 14.3. The van der Waals surface area contributed by atoms with Gasteiger partial charge in [0.25, 0.3) is 0 Å². The Kier molecular flexibility index (Phi) is 4.55. The van der Waals surface area contributed by atoms with Crippen LogP contribution < -0.4 is 10.6 Å². The van der Waals surface area contributed by atoms with Gasteiger partial charge in [0.15, 0.2) is 0 Å². The number of carbonyl (C=O) groups is 2. The predicted molar refractivity (Wildman–Crippen MR) is 72.3 cm³/mol. The van der Waals surface area contributed by atoms with Gasteiger partial charge in [-0.25, -0.2) is 14.0 Å². The van der Waals surface area contributed by atoms with E-state index >= 15 is 0 Å². The maximum absolute atomic E-state index is 13.4. The topological polar surface area (TPSA) is 78.4 Å². The number of carboxylic acids is 1. The second kappa shape index (κ2) is 6.36. The average molecular weight is 280 g/mol. The summed E-state index contributed by atoms with van der Waals surface area (Å²) in [7, 11) is 0. The SMILES string of the molecule is O=C(NCCCC1CC1)Nc1ccc(C(=O)O)c(F)c1. The van der Waals surface area contributed by atoms with Crippen LogP contribution in [-0.4, -0.2) is 23.7 Å². The molecule has 0 atom stereocenters. The molecule has 1 aromatic carbocycles. The lowest BCUT2D eigenvalue weighted by molar-refractivity contribution is 0.0692. The molecule has 2 amide bonds. The van der Waals surface area contributed by atoms with Crippen molar-refractivity contribution >= 4 is 17.7 Å². The highest BCUT2D eigenvalue weighted by Gasteiger charge is 2.20. The van der Waals surface area contributed by atoms with Crippen molar-refractivity contribution in [2.24, 2.45) is 5.92 Å². The number of anilines is 1. The van der Waals surface area contributed by atoms with Crippen LogP contribution in [0.15, 0.2) is 18.2 Å². The summed E-state index contributed by atoms with van der Waals surface area (Å²) in [5.74, 6) is -1.37. The summed E-state index contributed by atoms with van der Waals surface area (Å²) in [6.45, 7) is 0.581. The van der Waals surface area contributed by atoms with Crippen LogP contribution in [0.3, 0.4) is 0 Å². The minimum atomic E-state index is -1.33. The highest BCUT2D eigenvalue weighted by Crippen LogP contribution is 2.33. The fraction of sp³-hybridized carbons (Fsp3) is 0.429. The van der Waals surface area contributed by atoms with Crippen molar-refractivity contribution < 1.29 is 19.1 Å². The minimum absolute atomic E-state index is 0.229. The number of benzene rings is 1. The summed E-state index contributed by atoms with van der Waals surface area (Å²) >= 11 is 0. The van der Waals surface area contributed by atoms with Crippen LogP contribution in [0.2, 0.25) is 0 Å². The molecule has 108 valence electrons. The number of hydrogen-bond acceptors (Lipinski definition) is 2. The molecular formula is C14H17FN2O3. The number of aromatic carboxylic acids is 1. The zero-order valence-corrected chi connectivity index (χ0v) is 11.0. The van der Waals surface area contributed by atoms with Crippen molar-refractivity contribution in [2.45, 2.75) is 25.7 Å². The van der Waals surface area contributed by atoms with Gasteiger partial charge in [0.05, 0.1) is 5.56 Å². The first-order chi connectivity index (χ1) is 9.56. The average Bonchev–Trinajstić information content (AvgIpc) is 3.18. The molecule has 3 N–H and O–H groups in total. The van der Waals surface area contributed by atoms with E-state index in [2.05, 4.69) is 10.6 Å². The zero-order valence-electron chi connectivity index (χ0n) is 11.0. The lowest BCUT2D eigenvalue weighted by Crippen LogP contribution is -2.29. The van der Waals surface area contributed by atoms with Gasteiger partial charge in [-0.3, -0.25) is 0 Å². The van der Waals surface area contributed by atoms with Crippen molar-refractivity contribution in [1.82, 2.24) is 5.32 Å². The van der Waals surface area contributed by atoms with E-state index in [0.717, 1.165) is 30.9 Å². The number of amides is 2. The molecule has 1 aliphatic rings. The molecular weight excluding hydrogens is 263 g/mol. The monoisotopic (exact) mass is 280 g/mol. The Hall–Kier alpha value is -2.11. The molecule has 0 spiro atoms. The summed E-state index contributed by atoms with van der Waals surface area (Å²) in [4.78, 5) is 22.2. The van der Waals surface area contributed by atoms with E-state index in [1.165, 1.54) is 18.9 Å². The third-order valence-electron chi connectivity index (χ3n) is 3.23. The third kappa shape index (κ3) is 4.22. The van der Waals surface area contributed by atoms with Crippen LogP contribution in [0, 0.1) is 11.7 Å². The number of halogens is 1. The summed E-state index contributed by atoms with van der Waals surface area (Å²) in [5.41, 5.74) is -0.187. The van der Waals surface area contributed by atoms with Gasteiger partial charge in [-0.2, -0.15) is 0 Å². The van der Waals surface area contributed by atoms with Crippen LogP contribution in [0.1, 0.15) is 36.0 Å². The third-order valence-corrected chi connectivity index (χ3v) is 3.23. The van der Waals surface area contributed by atoms with E-state index in [4.69, 9.17) is 5.11 Å². The van der Waals surface area contributed by atoms with Crippen LogP contribution >= 0.6 is 0 Å². The fourth-order valence-corrected chi connectivity index (χ4v) is 1.94. The number of carbonyl (C=O) groups excluding carboxylic acids is 1. The van der Waals surface area contributed by atoms with Crippen molar-refractivity contribution in [3.8, 4) is 0 Å². The number of urea groups is 1. The van der Waals surface area contributed by atoms with E-state index in [9.17, 15) is 14.0 Å². The maximum atomic E-state index is 13.4. The zero-order chi connectivity index (χ0) is 14.5.